The second-order valence-electron chi connectivity index (χ2n) is 4.33. The average molecular weight is 291 g/mol. The standard InChI is InChI=1S/C14H17N3O4/c1-19-7-6-10-2-4-11(5-3-10)20-9-12-8-13(17-21-12)14(18)16-15/h2-5,8H,6-7,9,15H2,1H3,(H,16,18). The number of aromatic nitrogens is 1. The lowest BCUT2D eigenvalue weighted by Gasteiger charge is -2.05. The molecule has 7 nitrogen and oxygen atoms in total. The molecule has 1 aromatic carbocycles. The fraction of sp³-hybridized carbons (Fsp3) is 0.286. The van der Waals surface area contributed by atoms with Crippen LogP contribution in [0.5, 0.6) is 5.75 Å². The number of ether oxygens (including phenoxy) is 2. The number of benzene rings is 1. The van der Waals surface area contributed by atoms with Gasteiger partial charge in [-0.15, -0.1) is 0 Å². The molecule has 21 heavy (non-hydrogen) atoms. The van der Waals surface area contributed by atoms with Crippen LogP contribution >= 0.6 is 0 Å². The van der Waals surface area contributed by atoms with E-state index < -0.39 is 5.91 Å². The summed E-state index contributed by atoms with van der Waals surface area (Å²) in [6.07, 6.45) is 0.858. The maximum Gasteiger partial charge on any atom is 0.287 e. The SMILES string of the molecule is COCCc1ccc(OCc2cc(C(=O)NN)no2)cc1. The number of hydrogen-bond donors (Lipinski definition) is 2. The van der Waals surface area contributed by atoms with Crippen LogP contribution in [0.15, 0.2) is 34.9 Å². The third-order valence-electron chi connectivity index (χ3n) is 2.82. The Morgan fingerprint density at radius 2 is 2.14 bits per heavy atom. The normalized spacial score (nSPS) is 10.4. The van der Waals surface area contributed by atoms with Crippen molar-refractivity contribution in [3.63, 3.8) is 0 Å². The number of nitrogens with zero attached hydrogens (tertiary/aromatic N) is 1. The Bertz CT molecular complexity index is 580. The third kappa shape index (κ3) is 4.30. The van der Waals surface area contributed by atoms with Crippen molar-refractivity contribution in [2.45, 2.75) is 13.0 Å². The minimum atomic E-state index is -0.507. The Kier molecular flexibility index (Phi) is 5.30. The highest BCUT2D eigenvalue weighted by atomic mass is 16.5. The summed E-state index contributed by atoms with van der Waals surface area (Å²) in [6.45, 7) is 0.868. The fourth-order valence-electron chi connectivity index (χ4n) is 1.69. The Morgan fingerprint density at radius 1 is 1.38 bits per heavy atom. The second-order valence-corrected chi connectivity index (χ2v) is 4.33. The van der Waals surface area contributed by atoms with Crippen LogP contribution in [0.1, 0.15) is 21.8 Å². The molecule has 0 aliphatic heterocycles. The topological polar surface area (TPSA) is 99.6 Å². The number of hydrazine groups is 1. The number of carbonyl (C=O) groups is 1. The number of rotatable bonds is 7. The maximum atomic E-state index is 11.2. The van der Waals surface area contributed by atoms with Crippen LogP contribution in [0.3, 0.4) is 0 Å². The molecule has 0 saturated carbocycles. The molecular weight excluding hydrogens is 274 g/mol. The van der Waals surface area contributed by atoms with E-state index in [1.165, 1.54) is 11.6 Å². The van der Waals surface area contributed by atoms with E-state index in [2.05, 4.69) is 5.16 Å². The van der Waals surface area contributed by atoms with E-state index in [0.717, 1.165) is 6.42 Å². The summed E-state index contributed by atoms with van der Waals surface area (Å²) in [7, 11) is 1.67. The number of carbonyl (C=O) groups excluding carboxylic acids is 1. The van der Waals surface area contributed by atoms with Crippen LogP contribution in [0.2, 0.25) is 0 Å². The Morgan fingerprint density at radius 3 is 2.81 bits per heavy atom. The van der Waals surface area contributed by atoms with Crippen molar-refractivity contribution >= 4 is 5.91 Å². The van der Waals surface area contributed by atoms with Gasteiger partial charge in [0.05, 0.1) is 6.61 Å². The first-order chi connectivity index (χ1) is 10.2. The number of nitrogens with two attached hydrogens (primary N) is 1. The van der Waals surface area contributed by atoms with E-state index in [9.17, 15) is 4.79 Å². The van der Waals surface area contributed by atoms with Crippen LogP contribution in [-0.2, 0) is 17.8 Å². The summed E-state index contributed by atoms with van der Waals surface area (Å²) in [6, 6.07) is 9.17. The van der Waals surface area contributed by atoms with Gasteiger partial charge in [-0.3, -0.25) is 10.2 Å². The van der Waals surface area contributed by atoms with E-state index in [0.29, 0.717) is 18.1 Å². The molecule has 0 unspecified atom stereocenters. The van der Waals surface area contributed by atoms with E-state index in [-0.39, 0.29) is 12.3 Å². The molecule has 2 rings (SSSR count). The molecule has 0 bridgehead atoms. The molecule has 0 aliphatic carbocycles. The molecule has 0 radical (unpaired) electrons. The molecule has 112 valence electrons. The Hall–Kier alpha value is -2.38. The van der Waals surface area contributed by atoms with Crippen LogP contribution in [0.4, 0.5) is 0 Å². The van der Waals surface area contributed by atoms with Gasteiger partial charge in [0.1, 0.15) is 12.4 Å². The van der Waals surface area contributed by atoms with Crippen LogP contribution < -0.4 is 16.0 Å². The van der Waals surface area contributed by atoms with Crippen molar-refractivity contribution in [3.8, 4) is 5.75 Å². The van der Waals surface area contributed by atoms with Gasteiger partial charge in [-0.2, -0.15) is 0 Å². The third-order valence-corrected chi connectivity index (χ3v) is 2.82. The predicted octanol–water partition coefficient (Wildman–Crippen LogP) is 1.05. The zero-order valence-electron chi connectivity index (χ0n) is 11.7. The number of nitrogen functional groups attached to an aromatic ring is 1. The first kappa shape index (κ1) is 15.0. The van der Waals surface area contributed by atoms with Gasteiger partial charge in [0.15, 0.2) is 11.5 Å². The molecular formula is C14H17N3O4. The summed E-state index contributed by atoms with van der Waals surface area (Å²) in [5.74, 6) is 5.65. The van der Waals surface area contributed by atoms with Gasteiger partial charge in [0, 0.05) is 13.2 Å². The van der Waals surface area contributed by atoms with Crippen LogP contribution in [-0.4, -0.2) is 24.8 Å². The van der Waals surface area contributed by atoms with Gasteiger partial charge in [0.25, 0.3) is 5.91 Å². The number of amides is 1. The van der Waals surface area contributed by atoms with Crippen molar-refractivity contribution < 1.29 is 18.8 Å². The molecule has 1 aromatic heterocycles. The maximum absolute atomic E-state index is 11.2. The molecule has 3 N–H and O–H groups in total. The Balaban J connectivity index is 1.87. The minimum Gasteiger partial charge on any atom is -0.486 e. The molecule has 2 aromatic rings. The van der Waals surface area contributed by atoms with Crippen LogP contribution in [0, 0.1) is 0 Å². The van der Waals surface area contributed by atoms with Crippen molar-refractivity contribution in [1.29, 1.82) is 0 Å². The molecule has 0 fully saturated rings. The van der Waals surface area contributed by atoms with Gasteiger partial charge in [0.2, 0.25) is 0 Å². The monoisotopic (exact) mass is 291 g/mol. The molecule has 7 heteroatoms. The lowest BCUT2D eigenvalue weighted by molar-refractivity contribution is 0.0944. The van der Waals surface area contributed by atoms with Gasteiger partial charge in [-0.25, -0.2) is 5.84 Å². The first-order valence-corrected chi connectivity index (χ1v) is 6.40. The molecule has 0 atom stereocenters. The summed E-state index contributed by atoms with van der Waals surface area (Å²) >= 11 is 0. The lowest BCUT2D eigenvalue weighted by Crippen LogP contribution is -2.30. The van der Waals surface area contributed by atoms with E-state index in [1.54, 1.807) is 7.11 Å². The van der Waals surface area contributed by atoms with Gasteiger partial charge in [-0.05, 0) is 24.1 Å². The second kappa shape index (κ2) is 7.41. The van der Waals surface area contributed by atoms with Crippen molar-refractivity contribution in [1.82, 2.24) is 10.6 Å². The van der Waals surface area contributed by atoms with Crippen molar-refractivity contribution in [2.75, 3.05) is 13.7 Å². The Labute approximate surface area is 122 Å². The summed E-state index contributed by atoms with van der Waals surface area (Å²) in [4.78, 5) is 11.2. The summed E-state index contributed by atoms with van der Waals surface area (Å²) in [5.41, 5.74) is 3.27. The molecule has 1 amide bonds. The predicted molar refractivity (Wildman–Crippen MR) is 74.5 cm³/mol. The molecule has 1 heterocycles. The van der Waals surface area contributed by atoms with Gasteiger partial charge >= 0.3 is 0 Å². The first-order valence-electron chi connectivity index (χ1n) is 6.40. The molecule has 0 saturated heterocycles. The van der Waals surface area contributed by atoms with Gasteiger partial charge in [-0.1, -0.05) is 17.3 Å². The lowest BCUT2D eigenvalue weighted by atomic mass is 10.1. The summed E-state index contributed by atoms with van der Waals surface area (Å²) in [5, 5.41) is 3.59. The number of methoxy groups -OCH3 is 1. The molecule has 0 aliphatic rings. The summed E-state index contributed by atoms with van der Waals surface area (Å²) < 4.78 is 15.5. The largest absolute Gasteiger partial charge is 0.486 e. The van der Waals surface area contributed by atoms with Crippen molar-refractivity contribution in [3.05, 3.63) is 47.3 Å². The van der Waals surface area contributed by atoms with E-state index >= 15 is 0 Å². The van der Waals surface area contributed by atoms with Gasteiger partial charge < -0.3 is 14.0 Å². The van der Waals surface area contributed by atoms with E-state index in [1.807, 2.05) is 29.7 Å². The van der Waals surface area contributed by atoms with Crippen molar-refractivity contribution in [2.24, 2.45) is 5.84 Å². The average Bonchev–Trinajstić information content (AvgIpc) is 3.00. The fourth-order valence-corrected chi connectivity index (χ4v) is 1.69. The highest BCUT2D eigenvalue weighted by Crippen LogP contribution is 2.15. The van der Waals surface area contributed by atoms with E-state index in [4.69, 9.17) is 19.8 Å². The zero-order valence-corrected chi connectivity index (χ0v) is 11.7. The highest BCUT2D eigenvalue weighted by molar-refractivity contribution is 5.91. The minimum absolute atomic E-state index is 0.117. The number of hydrogen-bond acceptors (Lipinski definition) is 6. The highest BCUT2D eigenvalue weighted by Gasteiger charge is 2.11. The molecule has 0 spiro atoms. The number of nitrogens with one attached hydrogen (secondary N) is 1. The smallest absolute Gasteiger partial charge is 0.287 e. The quantitative estimate of drug-likeness (QED) is 0.449. The van der Waals surface area contributed by atoms with Crippen LogP contribution in [0.25, 0.3) is 0 Å². The zero-order chi connectivity index (χ0) is 15.1.